The molecule has 2 rings (SSSR count). The molecule has 15 heavy (non-hydrogen) atoms. The molecule has 2 heterocycles. The Hall–Kier alpha value is -1.42. The average molecular weight is 204 g/mol. The molecule has 0 saturated heterocycles. The highest BCUT2D eigenvalue weighted by Crippen LogP contribution is 2.14. The number of fused-ring (bicyclic) bond motifs is 1. The lowest BCUT2D eigenvalue weighted by molar-refractivity contribution is 0.612. The van der Waals surface area contributed by atoms with Gasteiger partial charge in [-0.3, -0.25) is 4.98 Å². The van der Waals surface area contributed by atoms with E-state index >= 15 is 0 Å². The van der Waals surface area contributed by atoms with Gasteiger partial charge in [-0.15, -0.1) is 0 Å². The summed E-state index contributed by atoms with van der Waals surface area (Å²) in [6.45, 7) is 4.08. The maximum Gasteiger partial charge on any atom is 0.107 e. The second-order valence-corrected chi connectivity index (χ2v) is 3.63. The second-order valence-electron chi connectivity index (χ2n) is 3.63. The standard InChI is InChI=1S/C11H16N4/c1-9-14-10-8-13-6-4-11(10)15(9)7-3-5-12-2/h4,6,8,12H,3,5,7H2,1-2H3. The maximum atomic E-state index is 4.47. The minimum Gasteiger partial charge on any atom is -0.328 e. The Kier molecular flexibility index (Phi) is 2.97. The van der Waals surface area contributed by atoms with E-state index in [-0.39, 0.29) is 0 Å². The van der Waals surface area contributed by atoms with Crippen LogP contribution in [0.15, 0.2) is 18.5 Å². The lowest BCUT2D eigenvalue weighted by atomic mass is 10.3. The Labute approximate surface area is 89.3 Å². The third-order valence-electron chi connectivity index (χ3n) is 2.55. The average Bonchev–Trinajstić information content (AvgIpc) is 2.56. The summed E-state index contributed by atoms with van der Waals surface area (Å²) >= 11 is 0. The third-order valence-corrected chi connectivity index (χ3v) is 2.55. The van der Waals surface area contributed by atoms with Crippen LogP contribution in [0.3, 0.4) is 0 Å². The van der Waals surface area contributed by atoms with Crippen LogP contribution in [0.4, 0.5) is 0 Å². The smallest absolute Gasteiger partial charge is 0.107 e. The number of hydrogen-bond acceptors (Lipinski definition) is 3. The molecule has 80 valence electrons. The Morgan fingerprint density at radius 2 is 2.33 bits per heavy atom. The molecular weight excluding hydrogens is 188 g/mol. The molecule has 4 nitrogen and oxygen atoms in total. The second kappa shape index (κ2) is 4.40. The number of nitrogens with one attached hydrogen (secondary N) is 1. The first-order valence-corrected chi connectivity index (χ1v) is 5.24. The van der Waals surface area contributed by atoms with Gasteiger partial charge in [0.25, 0.3) is 0 Å². The summed E-state index contributed by atoms with van der Waals surface area (Å²) in [7, 11) is 1.97. The normalized spacial score (nSPS) is 11.1. The van der Waals surface area contributed by atoms with E-state index in [0.717, 1.165) is 30.9 Å². The van der Waals surface area contributed by atoms with Crippen LogP contribution in [0.25, 0.3) is 11.0 Å². The summed E-state index contributed by atoms with van der Waals surface area (Å²) < 4.78 is 2.24. The Morgan fingerprint density at radius 3 is 3.13 bits per heavy atom. The molecule has 0 radical (unpaired) electrons. The lowest BCUT2D eigenvalue weighted by Crippen LogP contribution is -2.11. The van der Waals surface area contributed by atoms with Crippen molar-refractivity contribution < 1.29 is 0 Å². The largest absolute Gasteiger partial charge is 0.328 e. The number of pyridine rings is 1. The van der Waals surface area contributed by atoms with Crippen molar-refractivity contribution in [2.24, 2.45) is 0 Å². The number of rotatable bonds is 4. The molecule has 0 saturated carbocycles. The molecule has 0 aliphatic rings. The molecule has 0 bridgehead atoms. The number of hydrogen-bond donors (Lipinski definition) is 1. The molecule has 2 aromatic rings. The molecule has 0 aliphatic carbocycles. The Morgan fingerprint density at radius 1 is 1.47 bits per heavy atom. The molecule has 0 fully saturated rings. The highest BCUT2D eigenvalue weighted by Gasteiger charge is 2.05. The van der Waals surface area contributed by atoms with Gasteiger partial charge in [0.15, 0.2) is 0 Å². The minimum atomic E-state index is 0.986. The summed E-state index contributed by atoms with van der Waals surface area (Å²) in [5.41, 5.74) is 2.16. The van der Waals surface area contributed by atoms with Crippen molar-refractivity contribution in [2.75, 3.05) is 13.6 Å². The van der Waals surface area contributed by atoms with E-state index < -0.39 is 0 Å². The third kappa shape index (κ3) is 1.99. The minimum absolute atomic E-state index is 0.986. The first kappa shape index (κ1) is 10.1. The van der Waals surface area contributed by atoms with Crippen molar-refractivity contribution in [3.05, 3.63) is 24.3 Å². The van der Waals surface area contributed by atoms with Crippen molar-refractivity contribution in [1.82, 2.24) is 19.9 Å². The van der Waals surface area contributed by atoms with Crippen LogP contribution in [-0.4, -0.2) is 28.1 Å². The SMILES string of the molecule is CNCCCn1c(C)nc2cnccc21. The topological polar surface area (TPSA) is 42.7 Å². The Balaban J connectivity index is 2.28. The van der Waals surface area contributed by atoms with Gasteiger partial charge in [0.2, 0.25) is 0 Å². The van der Waals surface area contributed by atoms with E-state index in [9.17, 15) is 0 Å². The zero-order valence-electron chi connectivity index (χ0n) is 9.20. The molecular formula is C11H16N4. The zero-order valence-corrected chi connectivity index (χ0v) is 9.20. The van der Waals surface area contributed by atoms with Crippen LogP contribution in [0.2, 0.25) is 0 Å². The van der Waals surface area contributed by atoms with Gasteiger partial charge in [0.05, 0.1) is 11.7 Å². The zero-order chi connectivity index (χ0) is 10.7. The molecule has 0 atom stereocenters. The van der Waals surface area contributed by atoms with Crippen LogP contribution >= 0.6 is 0 Å². The maximum absolute atomic E-state index is 4.47. The summed E-state index contributed by atoms with van der Waals surface area (Å²) in [4.78, 5) is 8.55. The van der Waals surface area contributed by atoms with Gasteiger partial charge in [-0.1, -0.05) is 0 Å². The first-order chi connectivity index (χ1) is 7.33. The fourth-order valence-corrected chi connectivity index (χ4v) is 1.80. The molecule has 0 spiro atoms. The quantitative estimate of drug-likeness (QED) is 0.764. The van der Waals surface area contributed by atoms with Crippen LogP contribution in [0, 0.1) is 6.92 Å². The molecule has 0 amide bonds. The Bertz CT molecular complexity index is 447. The predicted molar refractivity (Wildman–Crippen MR) is 60.8 cm³/mol. The van der Waals surface area contributed by atoms with Gasteiger partial charge in [0.1, 0.15) is 11.3 Å². The van der Waals surface area contributed by atoms with Gasteiger partial charge in [-0.2, -0.15) is 0 Å². The van der Waals surface area contributed by atoms with Crippen LogP contribution in [0.5, 0.6) is 0 Å². The van der Waals surface area contributed by atoms with Crippen LogP contribution < -0.4 is 5.32 Å². The summed E-state index contributed by atoms with van der Waals surface area (Å²) in [6.07, 6.45) is 4.75. The number of aromatic nitrogens is 3. The number of nitrogens with zero attached hydrogens (tertiary/aromatic N) is 3. The summed E-state index contributed by atoms with van der Waals surface area (Å²) in [6, 6.07) is 2.02. The molecule has 4 heteroatoms. The van der Waals surface area contributed by atoms with E-state index in [1.54, 1.807) is 0 Å². The highest BCUT2D eigenvalue weighted by atomic mass is 15.1. The lowest BCUT2D eigenvalue weighted by Gasteiger charge is -2.05. The van der Waals surface area contributed by atoms with E-state index in [1.165, 1.54) is 5.52 Å². The summed E-state index contributed by atoms with van der Waals surface area (Å²) in [5.74, 6) is 1.06. The molecule has 1 N–H and O–H groups in total. The van der Waals surface area contributed by atoms with E-state index in [4.69, 9.17) is 0 Å². The fraction of sp³-hybridized carbons (Fsp3) is 0.455. The van der Waals surface area contributed by atoms with E-state index in [0.29, 0.717) is 0 Å². The predicted octanol–water partition coefficient (Wildman–Crippen LogP) is 1.35. The van der Waals surface area contributed by atoms with E-state index in [2.05, 4.69) is 19.9 Å². The monoisotopic (exact) mass is 204 g/mol. The number of imidazole rings is 1. The summed E-state index contributed by atoms with van der Waals surface area (Å²) in [5, 5.41) is 3.15. The van der Waals surface area contributed by atoms with Gasteiger partial charge < -0.3 is 9.88 Å². The highest BCUT2D eigenvalue weighted by molar-refractivity contribution is 5.74. The van der Waals surface area contributed by atoms with E-state index in [1.807, 2.05) is 32.4 Å². The van der Waals surface area contributed by atoms with Gasteiger partial charge in [-0.25, -0.2) is 4.98 Å². The van der Waals surface area contributed by atoms with Gasteiger partial charge in [0, 0.05) is 12.7 Å². The fourth-order valence-electron chi connectivity index (χ4n) is 1.80. The van der Waals surface area contributed by atoms with Crippen LogP contribution in [0.1, 0.15) is 12.2 Å². The first-order valence-electron chi connectivity index (χ1n) is 5.24. The molecule has 0 aromatic carbocycles. The number of aryl methyl sites for hydroxylation is 2. The molecule has 2 aromatic heterocycles. The molecule has 0 unspecified atom stereocenters. The van der Waals surface area contributed by atoms with Gasteiger partial charge >= 0.3 is 0 Å². The van der Waals surface area contributed by atoms with Crippen molar-refractivity contribution in [3.8, 4) is 0 Å². The van der Waals surface area contributed by atoms with Crippen molar-refractivity contribution in [1.29, 1.82) is 0 Å². The van der Waals surface area contributed by atoms with Gasteiger partial charge in [-0.05, 0) is 33.0 Å². The van der Waals surface area contributed by atoms with Crippen molar-refractivity contribution >= 4 is 11.0 Å². The molecule has 0 aliphatic heterocycles. The van der Waals surface area contributed by atoms with Crippen molar-refractivity contribution in [3.63, 3.8) is 0 Å². The van der Waals surface area contributed by atoms with Crippen LogP contribution in [-0.2, 0) is 6.54 Å². The van der Waals surface area contributed by atoms with Crippen molar-refractivity contribution in [2.45, 2.75) is 19.9 Å².